The smallest absolute Gasteiger partial charge is 0.269 e. The summed E-state index contributed by atoms with van der Waals surface area (Å²) < 4.78 is 1.27. The van der Waals surface area contributed by atoms with E-state index in [4.69, 9.17) is 16.9 Å². The first kappa shape index (κ1) is 15.8. The number of carbonyl (C=O) groups is 1. The minimum Gasteiger partial charge on any atom is -0.324 e. The van der Waals surface area contributed by atoms with E-state index >= 15 is 0 Å². The molecule has 0 aliphatic rings. The van der Waals surface area contributed by atoms with Gasteiger partial charge in [0.25, 0.3) is 5.56 Å². The van der Waals surface area contributed by atoms with Crippen LogP contribution in [0.1, 0.15) is 16.8 Å². The lowest BCUT2D eigenvalue weighted by molar-refractivity contribution is -0.116. The standard InChI is InChI=1S/C16H14ClN3O2/c1-10-6-7-12(8-18)16(22)20(10)9-15(21)19-14-5-3-4-13(17)11(14)2/h3-7H,9H2,1-2H3,(H,19,21). The van der Waals surface area contributed by atoms with Crippen LogP contribution in [-0.2, 0) is 11.3 Å². The molecule has 0 saturated carbocycles. The molecule has 112 valence electrons. The molecular formula is C16H14ClN3O2. The second-order valence-electron chi connectivity index (χ2n) is 4.85. The Morgan fingerprint density at radius 3 is 2.73 bits per heavy atom. The van der Waals surface area contributed by atoms with Gasteiger partial charge in [-0.1, -0.05) is 17.7 Å². The summed E-state index contributed by atoms with van der Waals surface area (Å²) in [7, 11) is 0. The Morgan fingerprint density at radius 1 is 1.32 bits per heavy atom. The molecule has 1 heterocycles. The van der Waals surface area contributed by atoms with Gasteiger partial charge in [0.1, 0.15) is 18.2 Å². The molecule has 0 saturated heterocycles. The predicted molar refractivity (Wildman–Crippen MR) is 85.0 cm³/mol. The van der Waals surface area contributed by atoms with Crippen LogP contribution in [0.25, 0.3) is 0 Å². The third kappa shape index (κ3) is 3.18. The van der Waals surface area contributed by atoms with Crippen LogP contribution in [0.5, 0.6) is 0 Å². The van der Waals surface area contributed by atoms with Gasteiger partial charge in [-0.25, -0.2) is 0 Å². The first-order chi connectivity index (χ1) is 10.4. The number of aryl methyl sites for hydroxylation is 1. The number of hydrogen-bond acceptors (Lipinski definition) is 3. The topological polar surface area (TPSA) is 74.9 Å². The predicted octanol–water partition coefficient (Wildman–Crippen LogP) is 2.63. The summed E-state index contributed by atoms with van der Waals surface area (Å²) in [6.07, 6.45) is 0. The van der Waals surface area contributed by atoms with Crippen molar-refractivity contribution in [2.45, 2.75) is 20.4 Å². The van der Waals surface area contributed by atoms with Gasteiger partial charge >= 0.3 is 0 Å². The van der Waals surface area contributed by atoms with E-state index in [1.165, 1.54) is 10.6 Å². The van der Waals surface area contributed by atoms with Gasteiger partial charge in [0, 0.05) is 16.4 Å². The van der Waals surface area contributed by atoms with Gasteiger partial charge in [0.15, 0.2) is 0 Å². The highest BCUT2D eigenvalue weighted by molar-refractivity contribution is 6.31. The molecule has 1 aromatic heterocycles. The van der Waals surface area contributed by atoms with E-state index in [0.29, 0.717) is 16.4 Å². The van der Waals surface area contributed by atoms with Crippen LogP contribution in [0.15, 0.2) is 35.1 Å². The molecule has 0 spiro atoms. The number of benzene rings is 1. The molecule has 5 nitrogen and oxygen atoms in total. The van der Waals surface area contributed by atoms with Crippen LogP contribution in [-0.4, -0.2) is 10.5 Å². The average Bonchev–Trinajstić information content (AvgIpc) is 2.48. The third-order valence-corrected chi connectivity index (χ3v) is 3.77. The highest BCUT2D eigenvalue weighted by Gasteiger charge is 2.11. The number of amides is 1. The number of aromatic nitrogens is 1. The first-order valence-corrected chi connectivity index (χ1v) is 6.97. The van der Waals surface area contributed by atoms with E-state index in [2.05, 4.69) is 5.32 Å². The number of pyridine rings is 1. The van der Waals surface area contributed by atoms with Gasteiger partial charge < -0.3 is 9.88 Å². The van der Waals surface area contributed by atoms with Crippen LogP contribution < -0.4 is 10.9 Å². The largest absolute Gasteiger partial charge is 0.324 e. The van der Waals surface area contributed by atoms with Gasteiger partial charge in [0.05, 0.1) is 0 Å². The lowest BCUT2D eigenvalue weighted by Gasteiger charge is -2.12. The third-order valence-electron chi connectivity index (χ3n) is 3.36. The molecule has 0 fully saturated rings. The summed E-state index contributed by atoms with van der Waals surface area (Å²) >= 11 is 6.00. The number of carbonyl (C=O) groups excluding carboxylic acids is 1. The number of nitriles is 1. The Kier molecular flexibility index (Phi) is 4.64. The molecular weight excluding hydrogens is 302 g/mol. The molecule has 2 rings (SSSR count). The molecule has 0 atom stereocenters. The van der Waals surface area contributed by atoms with E-state index in [-0.39, 0.29) is 18.0 Å². The zero-order valence-corrected chi connectivity index (χ0v) is 12.9. The van der Waals surface area contributed by atoms with Crippen LogP contribution in [0.4, 0.5) is 5.69 Å². The Labute approximate surface area is 132 Å². The fraction of sp³-hybridized carbons (Fsp3) is 0.188. The van der Waals surface area contributed by atoms with Gasteiger partial charge in [-0.3, -0.25) is 9.59 Å². The molecule has 0 bridgehead atoms. The first-order valence-electron chi connectivity index (χ1n) is 6.59. The number of anilines is 1. The minimum absolute atomic E-state index is 0.0114. The molecule has 0 aliphatic carbocycles. The Morgan fingerprint density at radius 2 is 2.05 bits per heavy atom. The second kappa shape index (κ2) is 6.46. The monoisotopic (exact) mass is 315 g/mol. The maximum absolute atomic E-state index is 12.2. The summed E-state index contributed by atoms with van der Waals surface area (Å²) in [6, 6.07) is 10.1. The molecule has 0 unspecified atom stereocenters. The SMILES string of the molecule is Cc1c(Cl)cccc1NC(=O)Cn1c(C)ccc(C#N)c1=O. The van der Waals surface area contributed by atoms with Crippen molar-refractivity contribution in [2.24, 2.45) is 0 Å². The van der Waals surface area contributed by atoms with Crippen molar-refractivity contribution in [1.82, 2.24) is 4.57 Å². The molecule has 1 amide bonds. The molecule has 0 radical (unpaired) electrons. The molecule has 22 heavy (non-hydrogen) atoms. The maximum Gasteiger partial charge on any atom is 0.269 e. The number of halogens is 1. The van der Waals surface area contributed by atoms with Gasteiger partial charge in [-0.15, -0.1) is 0 Å². The van der Waals surface area contributed by atoms with Crippen molar-refractivity contribution in [2.75, 3.05) is 5.32 Å². The van der Waals surface area contributed by atoms with Gasteiger partial charge in [-0.2, -0.15) is 5.26 Å². The highest BCUT2D eigenvalue weighted by atomic mass is 35.5. The number of nitrogens with zero attached hydrogens (tertiary/aromatic N) is 2. The van der Waals surface area contributed by atoms with E-state index in [0.717, 1.165) is 5.56 Å². The van der Waals surface area contributed by atoms with E-state index < -0.39 is 5.56 Å². The Balaban J connectivity index is 2.25. The Hall–Kier alpha value is -2.58. The fourth-order valence-corrected chi connectivity index (χ4v) is 2.20. The average molecular weight is 316 g/mol. The normalized spacial score (nSPS) is 10.1. The van der Waals surface area contributed by atoms with Crippen molar-refractivity contribution < 1.29 is 4.79 Å². The van der Waals surface area contributed by atoms with Crippen molar-refractivity contribution in [1.29, 1.82) is 5.26 Å². The molecule has 1 aromatic carbocycles. The second-order valence-corrected chi connectivity index (χ2v) is 5.26. The van der Waals surface area contributed by atoms with Crippen LogP contribution in [0.3, 0.4) is 0 Å². The zero-order chi connectivity index (χ0) is 16.3. The van der Waals surface area contributed by atoms with Crippen molar-refractivity contribution in [3.05, 3.63) is 62.5 Å². The number of rotatable bonds is 3. The van der Waals surface area contributed by atoms with Crippen LogP contribution >= 0.6 is 11.6 Å². The lowest BCUT2D eigenvalue weighted by atomic mass is 10.2. The highest BCUT2D eigenvalue weighted by Crippen LogP contribution is 2.22. The van der Waals surface area contributed by atoms with Gasteiger partial charge in [0.2, 0.25) is 5.91 Å². The molecule has 0 aliphatic heterocycles. The van der Waals surface area contributed by atoms with E-state index in [1.807, 2.05) is 6.07 Å². The summed E-state index contributed by atoms with van der Waals surface area (Å²) in [4.78, 5) is 24.2. The quantitative estimate of drug-likeness (QED) is 0.946. The van der Waals surface area contributed by atoms with Crippen LogP contribution in [0.2, 0.25) is 5.02 Å². The van der Waals surface area contributed by atoms with Crippen LogP contribution in [0, 0.1) is 25.2 Å². The van der Waals surface area contributed by atoms with E-state index in [9.17, 15) is 9.59 Å². The van der Waals surface area contributed by atoms with Crippen molar-refractivity contribution in [3.8, 4) is 6.07 Å². The lowest BCUT2D eigenvalue weighted by Crippen LogP contribution is -2.30. The minimum atomic E-state index is -0.472. The molecule has 2 aromatic rings. The summed E-state index contributed by atoms with van der Waals surface area (Å²) in [6.45, 7) is 3.35. The van der Waals surface area contributed by atoms with Crippen molar-refractivity contribution in [3.63, 3.8) is 0 Å². The molecule has 6 heteroatoms. The number of nitrogens with one attached hydrogen (secondary N) is 1. The summed E-state index contributed by atoms with van der Waals surface area (Å²) in [5, 5.41) is 12.2. The maximum atomic E-state index is 12.2. The molecule has 1 N–H and O–H groups in total. The number of hydrogen-bond donors (Lipinski definition) is 1. The summed E-state index contributed by atoms with van der Waals surface area (Å²) in [5.74, 6) is -0.356. The Bertz CT molecular complexity index is 834. The summed E-state index contributed by atoms with van der Waals surface area (Å²) in [5.41, 5.74) is 1.51. The van der Waals surface area contributed by atoms with E-state index in [1.54, 1.807) is 38.1 Å². The van der Waals surface area contributed by atoms with Crippen molar-refractivity contribution >= 4 is 23.2 Å². The van der Waals surface area contributed by atoms with Gasteiger partial charge in [-0.05, 0) is 43.7 Å². The fourth-order valence-electron chi connectivity index (χ4n) is 2.03. The zero-order valence-electron chi connectivity index (χ0n) is 12.2.